The summed E-state index contributed by atoms with van der Waals surface area (Å²) in [5.74, 6) is 0. The molecule has 0 bridgehead atoms. The number of nitrogens with two attached hydrogens (primary N) is 2. The Labute approximate surface area is 102 Å². The van der Waals surface area contributed by atoms with E-state index in [0.717, 1.165) is 6.21 Å². The fraction of sp³-hybridized carbons (Fsp3) is 0.333. The van der Waals surface area contributed by atoms with E-state index in [-0.39, 0.29) is 15.9 Å². The zero-order chi connectivity index (χ0) is 12.6. The minimum atomic E-state index is -1.22. The standard InChI is InChI=1S/C6H12N6O2S2/c7-5(15)11-9-1-3(4(14)2-13)10-12-6(8)16/h1,4,13-14H,2H2,(H3,7,11,15)(H3,8,12,16)/b9-1+,10-3+/t4-/m0/s1. The summed E-state index contributed by atoms with van der Waals surface area (Å²) in [5.41, 5.74) is 14.7. The Kier molecular flexibility index (Phi) is 7.20. The van der Waals surface area contributed by atoms with E-state index in [0.29, 0.717) is 0 Å². The van der Waals surface area contributed by atoms with E-state index in [2.05, 4.69) is 45.5 Å². The highest BCUT2D eigenvalue weighted by atomic mass is 32.1. The molecule has 10 heteroatoms. The molecule has 0 spiro atoms. The average Bonchev–Trinajstić information content (AvgIpc) is 2.21. The van der Waals surface area contributed by atoms with Crippen LogP contribution in [0.5, 0.6) is 0 Å². The SMILES string of the molecule is NC(=S)N/N=C/C(=N\NC(N)=S)[C@@H](O)CO. The molecule has 0 rings (SSSR count). The van der Waals surface area contributed by atoms with Gasteiger partial charge < -0.3 is 21.7 Å². The molecule has 0 aliphatic heterocycles. The Balaban J connectivity index is 4.54. The highest BCUT2D eigenvalue weighted by Crippen LogP contribution is 1.85. The van der Waals surface area contributed by atoms with Crippen LogP contribution in [0, 0.1) is 0 Å². The van der Waals surface area contributed by atoms with Gasteiger partial charge in [-0.05, 0) is 24.4 Å². The van der Waals surface area contributed by atoms with Crippen LogP contribution in [0.4, 0.5) is 0 Å². The third-order valence-electron chi connectivity index (χ3n) is 1.18. The molecule has 16 heavy (non-hydrogen) atoms. The third kappa shape index (κ3) is 7.00. The molecule has 0 aliphatic rings. The Morgan fingerprint density at radius 2 is 1.88 bits per heavy atom. The van der Waals surface area contributed by atoms with Gasteiger partial charge in [-0.25, -0.2) is 0 Å². The van der Waals surface area contributed by atoms with Crippen LogP contribution in [0.2, 0.25) is 0 Å². The zero-order valence-corrected chi connectivity index (χ0v) is 9.75. The molecule has 0 heterocycles. The smallest absolute Gasteiger partial charge is 0.184 e. The summed E-state index contributed by atoms with van der Waals surface area (Å²) in [6.07, 6.45) is -0.107. The number of rotatable bonds is 5. The lowest BCUT2D eigenvalue weighted by molar-refractivity contribution is 0.146. The van der Waals surface area contributed by atoms with E-state index in [1.807, 2.05) is 0 Å². The second-order valence-electron chi connectivity index (χ2n) is 2.45. The number of hydrazone groups is 2. The van der Waals surface area contributed by atoms with Gasteiger partial charge in [-0.2, -0.15) is 10.2 Å². The highest BCUT2D eigenvalue weighted by Gasteiger charge is 2.09. The Bertz CT molecular complexity index is 318. The molecule has 0 aromatic heterocycles. The molecular weight excluding hydrogens is 252 g/mol. The molecule has 8 nitrogen and oxygen atoms in total. The maximum atomic E-state index is 9.31. The van der Waals surface area contributed by atoms with E-state index in [1.54, 1.807) is 0 Å². The lowest BCUT2D eigenvalue weighted by atomic mass is 10.2. The van der Waals surface area contributed by atoms with Crippen LogP contribution < -0.4 is 22.3 Å². The fourth-order valence-electron chi connectivity index (χ4n) is 0.565. The molecule has 8 N–H and O–H groups in total. The number of aliphatic hydroxyl groups is 2. The van der Waals surface area contributed by atoms with Gasteiger partial charge in [0.15, 0.2) is 10.2 Å². The maximum Gasteiger partial charge on any atom is 0.184 e. The van der Waals surface area contributed by atoms with Crippen LogP contribution in [-0.4, -0.2) is 45.1 Å². The number of aliphatic hydroxyl groups excluding tert-OH is 2. The normalized spacial score (nSPS) is 13.5. The van der Waals surface area contributed by atoms with E-state index in [1.165, 1.54) is 0 Å². The number of thiocarbonyl (C=S) groups is 2. The molecule has 0 radical (unpaired) electrons. The van der Waals surface area contributed by atoms with Gasteiger partial charge in [-0.3, -0.25) is 10.9 Å². The molecule has 90 valence electrons. The van der Waals surface area contributed by atoms with Crippen molar-refractivity contribution in [3.05, 3.63) is 0 Å². The predicted octanol–water partition coefficient (Wildman–Crippen LogP) is -2.65. The minimum Gasteiger partial charge on any atom is -0.393 e. The first-order chi connectivity index (χ1) is 7.47. The Morgan fingerprint density at radius 1 is 1.31 bits per heavy atom. The monoisotopic (exact) mass is 264 g/mol. The predicted molar refractivity (Wildman–Crippen MR) is 68.9 cm³/mol. The van der Waals surface area contributed by atoms with Crippen molar-refractivity contribution in [3.63, 3.8) is 0 Å². The van der Waals surface area contributed by atoms with Gasteiger partial charge in [0.1, 0.15) is 11.8 Å². The third-order valence-corrected chi connectivity index (χ3v) is 1.36. The Hall–Kier alpha value is -1.36. The first kappa shape index (κ1) is 14.6. The largest absolute Gasteiger partial charge is 0.393 e. The second-order valence-corrected chi connectivity index (χ2v) is 3.33. The summed E-state index contributed by atoms with van der Waals surface area (Å²) in [6, 6.07) is 0. The van der Waals surface area contributed by atoms with Crippen molar-refractivity contribution in [2.24, 2.45) is 21.7 Å². The van der Waals surface area contributed by atoms with Gasteiger partial charge in [-0.15, -0.1) is 0 Å². The quantitative estimate of drug-likeness (QED) is 0.180. The average molecular weight is 264 g/mol. The van der Waals surface area contributed by atoms with Gasteiger partial charge in [-0.1, -0.05) is 0 Å². The first-order valence-corrected chi connectivity index (χ1v) is 4.79. The van der Waals surface area contributed by atoms with Crippen molar-refractivity contribution < 1.29 is 10.2 Å². The summed E-state index contributed by atoms with van der Waals surface area (Å²) in [7, 11) is 0. The van der Waals surface area contributed by atoms with Crippen molar-refractivity contribution in [3.8, 4) is 0 Å². The molecule has 0 fully saturated rings. The maximum absolute atomic E-state index is 9.31. The van der Waals surface area contributed by atoms with Crippen LogP contribution in [0.15, 0.2) is 10.2 Å². The van der Waals surface area contributed by atoms with Gasteiger partial charge >= 0.3 is 0 Å². The molecule has 0 unspecified atom stereocenters. The van der Waals surface area contributed by atoms with E-state index in [4.69, 9.17) is 16.6 Å². The summed E-state index contributed by atoms with van der Waals surface area (Å²) in [5, 5.41) is 25.1. The number of nitrogens with zero attached hydrogens (tertiary/aromatic N) is 2. The number of hydrogen-bond donors (Lipinski definition) is 6. The van der Waals surface area contributed by atoms with Crippen molar-refractivity contribution >= 4 is 46.6 Å². The van der Waals surface area contributed by atoms with Crippen molar-refractivity contribution in [1.29, 1.82) is 0 Å². The molecule has 0 aromatic carbocycles. The van der Waals surface area contributed by atoms with Crippen LogP contribution in [0.25, 0.3) is 0 Å². The van der Waals surface area contributed by atoms with Crippen molar-refractivity contribution in [1.82, 2.24) is 10.9 Å². The number of nitrogens with one attached hydrogen (secondary N) is 2. The van der Waals surface area contributed by atoms with E-state index < -0.39 is 12.7 Å². The fourth-order valence-corrected chi connectivity index (χ4v) is 0.663. The topological polar surface area (TPSA) is 141 Å². The lowest BCUT2D eigenvalue weighted by Gasteiger charge is -2.06. The number of hydrogen-bond acceptors (Lipinski definition) is 6. The highest BCUT2D eigenvalue weighted by molar-refractivity contribution is 7.80. The van der Waals surface area contributed by atoms with Crippen molar-refractivity contribution in [2.45, 2.75) is 6.10 Å². The lowest BCUT2D eigenvalue weighted by Crippen LogP contribution is -2.33. The van der Waals surface area contributed by atoms with Crippen LogP contribution in [0.3, 0.4) is 0 Å². The minimum absolute atomic E-state index is 0.0130. The van der Waals surface area contributed by atoms with Crippen molar-refractivity contribution in [2.75, 3.05) is 6.61 Å². The summed E-state index contributed by atoms with van der Waals surface area (Å²) >= 11 is 9.00. The first-order valence-electron chi connectivity index (χ1n) is 3.97. The summed E-state index contributed by atoms with van der Waals surface area (Å²) in [4.78, 5) is 0. The van der Waals surface area contributed by atoms with Gasteiger partial charge in [0.05, 0.1) is 12.8 Å². The zero-order valence-electron chi connectivity index (χ0n) is 8.12. The summed E-state index contributed by atoms with van der Waals surface area (Å²) in [6.45, 7) is -0.531. The molecule has 0 amide bonds. The second kappa shape index (κ2) is 7.87. The van der Waals surface area contributed by atoms with Crippen LogP contribution in [0.1, 0.15) is 0 Å². The molecule has 0 aromatic rings. The summed E-state index contributed by atoms with van der Waals surface area (Å²) < 4.78 is 0. The van der Waals surface area contributed by atoms with Gasteiger partial charge in [0, 0.05) is 0 Å². The molecule has 0 saturated carbocycles. The van der Waals surface area contributed by atoms with E-state index >= 15 is 0 Å². The van der Waals surface area contributed by atoms with Gasteiger partial charge in [0.2, 0.25) is 0 Å². The molecular formula is C6H12N6O2S2. The molecule has 0 aliphatic carbocycles. The molecule has 1 atom stereocenters. The van der Waals surface area contributed by atoms with Crippen LogP contribution >= 0.6 is 24.4 Å². The van der Waals surface area contributed by atoms with Crippen LogP contribution in [-0.2, 0) is 0 Å². The Morgan fingerprint density at radius 3 is 2.31 bits per heavy atom. The van der Waals surface area contributed by atoms with E-state index in [9.17, 15) is 5.11 Å². The van der Waals surface area contributed by atoms with Gasteiger partial charge in [0.25, 0.3) is 0 Å². The molecule has 0 saturated heterocycles.